The van der Waals surface area contributed by atoms with E-state index >= 15 is 0 Å². The van der Waals surface area contributed by atoms with E-state index in [4.69, 9.17) is 0 Å². The Morgan fingerprint density at radius 2 is 1.69 bits per heavy atom. The van der Waals surface area contributed by atoms with Crippen LogP contribution in [-0.4, -0.2) is 15.0 Å². The van der Waals surface area contributed by atoms with Crippen molar-refractivity contribution in [2.45, 2.75) is 33.4 Å². The fourth-order valence-corrected chi connectivity index (χ4v) is 2.99. The zero-order valence-corrected chi connectivity index (χ0v) is 14.9. The monoisotopic (exact) mass is 351 g/mol. The zero-order valence-electron chi connectivity index (χ0n) is 14.9. The number of carbonyl (C=O) groups excluding carboxylic acids is 1. The summed E-state index contributed by atoms with van der Waals surface area (Å²) in [5.41, 5.74) is 1.33. The first kappa shape index (κ1) is 17.7. The topological polar surface area (TPSA) is 73.1 Å². The third-order valence-electron chi connectivity index (χ3n) is 4.30. The number of nitrogens with zero attached hydrogens (tertiary/aromatic N) is 2. The minimum Gasteiger partial charge on any atom is -0.324 e. The van der Waals surface area contributed by atoms with Gasteiger partial charge in [-0.15, -0.1) is 0 Å². The van der Waals surface area contributed by atoms with Crippen molar-refractivity contribution in [1.82, 2.24) is 9.13 Å². The number of hydrogen-bond acceptors (Lipinski definition) is 3. The molecule has 0 bridgehead atoms. The van der Waals surface area contributed by atoms with Gasteiger partial charge in [-0.1, -0.05) is 37.3 Å². The van der Waals surface area contributed by atoms with E-state index in [0.717, 1.165) is 5.56 Å². The summed E-state index contributed by atoms with van der Waals surface area (Å²) in [6.07, 6.45) is 0.656. The molecule has 1 N–H and O–H groups in total. The molecule has 2 aromatic carbocycles. The minimum atomic E-state index is -0.463. The molecule has 6 nitrogen and oxygen atoms in total. The van der Waals surface area contributed by atoms with Crippen molar-refractivity contribution in [2.24, 2.45) is 0 Å². The third-order valence-corrected chi connectivity index (χ3v) is 4.30. The average molecular weight is 351 g/mol. The molecule has 0 unspecified atom stereocenters. The lowest BCUT2D eigenvalue weighted by Crippen LogP contribution is -2.41. The van der Waals surface area contributed by atoms with Crippen molar-refractivity contribution in [3.63, 3.8) is 0 Å². The SMILES string of the molecule is CCCn1c(=O)c2ccccc2n(CC(=O)Nc2ccccc2C)c1=O. The molecule has 0 aliphatic heterocycles. The van der Waals surface area contributed by atoms with Crippen molar-refractivity contribution < 1.29 is 4.79 Å². The number of para-hydroxylation sites is 2. The Hall–Kier alpha value is -3.15. The van der Waals surface area contributed by atoms with Gasteiger partial charge in [0, 0.05) is 12.2 Å². The van der Waals surface area contributed by atoms with Gasteiger partial charge in [-0.25, -0.2) is 4.79 Å². The number of hydrogen-bond donors (Lipinski definition) is 1. The summed E-state index contributed by atoms with van der Waals surface area (Å²) in [5, 5.41) is 3.27. The van der Waals surface area contributed by atoms with Crippen molar-refractivity contribution in [3.05, 3.63) is 74.9 Å². The molecule has 0 aliphatic carbocycles. The van der Waals surface area contributed by atoms with Gasteiger partial charge >= 0.3 is 5.69 Å². The molecule has 0 radical (unpaired) electrons. The number of aromatic nitrogens is 2. The van der Waals surface area contributed by atoms with Crippen LogP contribution in [0.15, 0.2) is 58.1 Å². The molecule has 0 saturated heterocycles. The lowest BCUT2D eigenvalue weighted by molar-refractivity contribution is -0.116. The maximum atomic E-state index is 12.8. The molecule has 6 heteroatoms. The van der Waals surface area contributed by atoms with E-state index in [1.165, 1.54) is 9.13 Å². The van der Waals surface area contributed by atoms with E-state index in [1.54, 1.807) is 24.3 Å². The van der Waals surface area contributed by atoms with Crippen LogP contribution < -0.4 is 16.6 Å². The Kier molecular flexibility index (Phi) is 5.02. The predicted octanol–water partition coefficient (Wildman–Crippen LogP) is 2.52. The summed E-state index contributed by atoms with van der Waals surface area (Å²) in [6, 6.07) is 14.3. The number of aryl methyl sites for hydroxylation is 1. The van der Waals surface area contributed by atoms with Crippen LogP contribution in [0.2, 0.25) is 0 Å². The zero-order chi connectivity index (χ0) is 18.7. The summed E-state index contributed by atoms with van der Waals surface area (Å²) in [5.74, 6) is -0.312. The van der Waals surface area contributed by atoms with Gasteiger partial charge in [0.25, 0.3) is 5.56 Å². The fraction of sp³-hybridized carbons (Fsp3) is 0.250. The second-order valence-electron chi connectivity index (χ2n) is 6.21. The number of fused-ring (bicyclic) bond motifs is 1. The largest absolute Gasteiger partial charge is 0.331 e. The molecule has 3 aromatic rings. The average Bonchev–Trinajstić information content (AvgIpc) is 2.64. The minimum absolute atomic E-state index is 0.155. The number of nitrogens with one attached hydrogen (secondary N) is 1. The van der Waals surface area contributed by atoms with Gasteiger partial charge in [-0.05, 0) is 37.1 Å². The van der Waals surface area contributed by atoms with Crippen LogP contribution >= 0.6 is 0 Å². The lowest BCUT2D eigenvalue weighted by atomic mass is 10.2. The van der Waals surface area contributed by atoms with E-state index in [1.807, 2.05) is 38.1 Å². The maximum absolute atomic E-state index is 12.8. The molecule has 0 saturated carbocycles. The van der Waals surface area contributed by atoms with Crippen LogP contribution in [0, 0.1) is 6.92 Å². The van der Waals surface area contributed by atoms with E-state index in [-0.39, 0.29) is 18.0 Å². The van der Waals surface area contributed by atoms with Gasteiger partial charge in [0.1, 0.15) is 6.54 Å². The Bertz CT molecular complexity index is 1080. The highest BCUT2D eigenvalue weighted by Gasteiger charge is 2.15. The van der Waals surface area contributed by atoms with Crippen molar-refractivity contribution >= 4 is 22.5 Å². The summed E-state index contributed by atoms with van der Waals surface area (Å²) in [4.78, 5) is 37.9. The van der Waals surface area contributed by atoms with Crippen molar-refractivity contribution in [2.75, 3.05) is 5.32 Å². The maximum Gasteiger partial charge on any atom is 0.331 e. The van der Waals surface area contributed by atoms with E-state index < -0.39 is 5.69 Å². The van der Waals surface area contributed by atoms with Crippen LogP contribution in [0.5, 0.6) is 0 Å². The number of carbonyl (C=O) groups is 1. The van der Waals surface area contributed by atoms with Gasteiger partial charge in [-0.2, -0.15) is 0 Å². The molecule has 0 atom stereocenters. The second kappa shape index (κ2) is 7.39. The molecule has 26 heavy (non-hydrogen) atoms. The molecular formula is C20H21N3O3. The first-order valence-electron chi connectivity index (χ1n) is 8.60. The summed E-state index contributed by atoms with van der Waals surface area (Å²) < 4.78 is 2.56. The van der Waals surface area contributed by atoms with E-state index in [2.05, 4.69) is 5.32 Å². The smallest absolute Gasteiger partial charge is 0.324 e. The molecule has 1 amide bonds. The first-order chi connectivity index (χ1) is 12.5. The highest BCUT2D eigenvalue weighted by Crippen LogP contribution is 2.13. The molecule has 134 valence electrons. The summed E-state index contributed by atoms with van der Waals surface area (Å²) in [7, 11) is 0. The van der Waals surface area contributed by atoms with Gasteiger partial charge < -0.3 is 5.32 Å². The van der Waals surface area contributed by atoms with Gasteiger partial charge in [0.15, 0.2) is 0 Å². The summed E-state index contributed by atoms with van der Waals surface area (Å²) in [6.45, 7) is 3.97. The van der Waals surface area contributed by atoms with Crippen molar-refractivity contribution in [1.29, 1.82) is 0 Å². The standard InChI is InChI=1S/C20H21N3O3/c1-3-12-22-19(25)15-9-5-7-11-17(15)23(20(22)26)13-18(24)21-16-10-6-4-8-14(16)2/h4-11H,3,12-13H2,1-2H3,(H,21,24). The van der Waals surface area contributed by atoms with Crippen LogP contribution in [0.4, 0.5) is 5.69 Å². The van der Waals surface area contributed by atoms with Gasteiger partial charge in [-0.3, -0.25) is 18.7 Å². The normalized spacial score (nSPS) is 10.8. The number of rotatable bonds is 5. The van der Waals surface area contributed by atoms with Crippen LogP contribution in [0.1, 0.15) is 18.9 Å². The highest BCUT2D eigenvalue weighted by molar-refractivity contribution is 5.92. The molecule has 0 aliphatic rings. The van der Waals surface area contributed by atoms with Crippen molar-refractivity contribution in [3.8, 4) is 0 Å². The number of amides is 1. The number of anilines is 1. The molecule has 1 heterocycles. The Labute approximate surface area is 150 Å². The quantitative estimate of drug-likeness (QED) is 0.768. The molecular weight excluding hydrogens is 330 g/mol. The first-order valence-corrected chi connectivity index (χ1v) is 8.60. The fourth-order valence-electron chi connectivity index (χ4n) is 2.99. The van der Waals surface area contributed by atoms with E-state index in [9.17, 15) is 14.4 Å². The lowest BCUT2D eigenvalue weighted by Gasteiger charge is -2.14. The molecule has 3 rings (SSSR count). The predicted molar refractivity (Wildman–Crippen MR) is 103 cm³/mol. The number of benzene rings is 2. The van der Waals surface area contributed by atoms with Crippen LogP contribution in [-0.2, 0) is 17.9 Å². The van der Waals surface area contributed by atoms with Crippen LogP contribution in [0.3, 0.4) is 0 Å². The molecule has 0 spiro atoms. The van der Waals surface area contributed by atoms with Crippen LogP contribution in [0.25, 0.3) is 10.9 Å². The Morgan fingerprint density at radius 3 is 2.42 bits per heavy atom. The van der Waals surface area contributed by atoms with Gasteiger partial charge in [0.05, 0.1) is 10.9 Å². The molecule has 1 aromatic heterocycles. The Balaban J connectivity index is 2.04. The highest BCUT2D eigenvalue weighted by atomic mass is 16.2. The molecule has 0 fully saturated rings. The Morgan fingerprint density at radius 1 is 1.00 bits per heavy atom. The second-order valence-corrected chi connectivity index (χ2v) is 6.21. The van der Waals surface area contributed by atoms with E-state index in [0.29, 0.717) is 29.6 Å². The summed E-state index contributed by atoms with van der Waals surface area (Å²) >= 11 is 0. The van der Waals surface area contributed by atoms with Gasteiger partial charge in [0.2, 0.25) is 5.91 Å². The third kappa shape index (κ3) is 3.31.